The number of para-hydroxylation sites is 2. The number of rotatable bonds is 4. The van der Waals surface area contributed by atoms with E-state index in [2.05, 4.69) is 4.98 Å². The zero-order valence-corrected chi connectivity index (χ0v) is 13.7. The van der Waals surface area contributed by atoms with Gasteiger partial charge in [-0.1, -0.05) is 12.1 Å². The molecule has 0 radical (unpaired) electrons. The van der Waals surface area contributed by atoms with E-state index in [1.54, 1.807) is 10.6 Å². The van der Waals surface area contributed by atoms with Crippen LogP contribution in [0.25, 0.3) is 11.0 Å². The van der Waals surface area contributed by atoms with Gasteiger partial charge in [0, 0.05) is 19.1 Å². The van der Waals surface area contributed by atoms with Crippen molar-refractivity contribution in [3.05, 3.63) is 30.6 Å². The number of benzene rings is 1. The Bertz CT molecular complexity index is 756. The number of hydrogen-bond acceptors (Lipinski definition) is 4. The largest absolute Gasteiger partial charge is 0.375 e. The summed E-state index contributed by atoms with van der Waals surface area (Å²) in [4.78, 5) is 4.29. The normalized spacial score (nSPS) is 23.9. The molecule has 6 nitrogen and oxygen atoms in total. The van der Waals surface area contributed by atoms with E-state index in [4.69, 9.17) is 4.74 Å². The molecule has 0 saturated carbocycles. The van der Waals surface area contributed by atoms with Crippen LogP contribution < -0.4 is 0 Å². The van der Waals surface area contributed by atoms with Crippen molar-refractivity contribution in [2.75, 3.05) is 18.9 Å². The lowest BCUT2D eigenvalue weighted by Gasteiger charge is -2.35. The Morgan fingerprint density at radius 3 is 2.91 bits per heavy atom. The zero-order valence-electron chi connectivity index (χ0n) is 12.8. The lowest BCUT2D eigenvalue weighted by Crippen LogP contribution is -2.51. The predicted molar refractivity (Wildman–Crippen MR) is 85.1 cm³/mol. The highest BCUT2D eigenvalue weighted by Gasteiger charge is 2.32. The quantitative estimate of drug-likeness (QED) is 0.855. The van der Waals surface area contributed by atoms with Gasteiger partial charge in [-0.05, 0) is 26.0 Å². The number of fused-ring (bicyclic) bond motifs is 1. The molecule has 1 aliphatic rings. The fourth-order valence-corrected chi connectivity index (χ4v) is 4.49. The van der Waals surface area contributed by atoms with Gasteiger partial charge in [0.2, 0.25) is 10.0 Å². The maximum atomic E-state index is 12.6. The molecule has 0 aliphatic carbocycles. The molecule has 1 saturated heterocycles. The van der Waals surface area contributed by atoms with Crippen LogP contribution in [0.2, 0.25) is 0 Å². The smallest absolute Gasteiger partial charge is 0.216 e. The average molecular weight is 323 g/mol. The first kappa shape index (κ1) is 15.5. The third-order valence-electron chi connectivity index (χ3n) is 4.03. The van der Waals surface area contributed by atoms with E-state index in [1.807, 2.05) is 42.7 Å². The molecule has 1 fully saturated rings. The van der Waals surface area contributed by atoms with Gasteiger partial charge in [-0.3, -0.25) is 0 Å². The maximum Gasteiger partial charge on any atom is 0.216 e. The van der Waals surface area contributed by atoms with Crippen LogP contribution in [0.4, 0.5) is 0 Å². The van der Waals surface area contributed by atoms with Gasteiger partial charge in [0.05, 0.1) is 35.8 Å². The van der Waals surface area contributed by atoms with Gasteiger partial charge in [-0.25, -0.2) is 13.4 Å². The molecule has 2 atom stereocenters. The van der Waals surface area contributed by atoms with Gasteiger partial charge in [-0.15, -0.1) is 0 Å². The Kier molecular flexibility index (Phi) is 4.20. The number of nitrogens with zero attached hydrogens (tertiary/aromatic N) is 3. The van der Waals surface area contributed by atoms with Crippen molar-refractivity contribution < 1.29 is 13.2 Å². The number of morpholine rings is 1. The molecule has 2 heterocycles. The summed E-state index contributed by atoms with van der Waals surface area (Å²) in [6.07, 6.45) is 1.64. The summed E-state index contributed by atoms with van der Waals surface area (Å²) in [5.41, 5.74) is 1.84. The molecule has 2 unspecified atom stereocenters. The van der Waals surface area contributed by atoms with E-state index in [0.717, 1.165) is 11.0 Å². The van der Waals surface area contributed by atoms with E-state index in [1.165, 1.54) is 0 Å². The fourth-order valence-electron chi connectivity index (χ4n) is 2.78. The molecule has 22 heavy (non-hydrogen) atoms. The van der Waals surface area contributed by atoms with Crippen LogP contribution in [0, 0.1) is 0 Å². The van der Waals surface area contributed by atoms with Crippen LogP contribution in [0.1, 0.15) is 13.8 Å². The molecule has 1 aliphatic heterocycles. The first-order valence-electron chi connectivity index (χ1n) is 7.48. The summed E-state index contributed by atoms with van der Waals surface area (Å²) in [6.45, 7) is 5.07. The monoisotopic (exact) mass is 323 g/mol. The van der Waals surface area contributed by atoms with E-state index >= 15 is 0 Å². The van der Waals surface area contributed by atoms with Crippen LogP contribution in [0.3, 0.4) is 0 Å². The summed E-state index contributed by atoms with van der Waals surface area (Å²) in [6, 6.07) is 7.62. The fraction of sp³-hybridized carbons (Fsp3) is 0.533. The molecule has 0 N–H and O–H groups in total. The summed E-state index contributed by atoms with van der Waals surface area (Å²) in [5.74, 6) is 0.0738. The topological polar surface area (TPSA) is 64.4 Å². The van der Waals surface area contributed by atoms with Crippen molar-refractivity contribution in [3.8, 4) is 0 Å². The first-order chi connectivity index (χ1) is 10.5. The zero-order chi connectivity index (χ0) is 15.7. The van der Waals surface area contributed by atoms with Crippen molar-refractivity contribution in [1.82, 2.24) is 13.9 Å². The van der Waals surface area contributed by atoms with Crippen LogP contribution >= 0.6 is 0 Å². The van der Waals surface area contributed by atoms with Crippen molar-refractivity contribution in [1.29, 1.82) is 0 Å². The minimum Gasteiger partial charge on any atom is -0.375 e. The first-order valence-corrected chi connectivity index (χ1v) is 9.09. The summed E-state index contributed by atoms with van der Waals surface area (Å²) in [5, 5.41) is 0. The van der Waals surface area contributed by atoms with Gasteiger partial charge < -0.3 is 9.30 Å². The molecule has 1 aromatic heterocycles. The number of hydrogen-bond donors (Lipinski definition) is 0. The Balaban J connectivity index is 1.74. The SMILES string of the molecule is CC1CN(S(=O)(=O)CCn2cnc3ccccc32)C(C)CO1. The van der Waals surface area contributed by atoms with Gasteiger partial charge in [0.1, 0.15) is 0 Å². The Morgan fingerprint density at radius 1 is 1.32 bits per heavy atom. The highest BCUT2D eigenvalue weighted by molar-refractivity contribution is 7.89. The van der Waals surface area contributed by atoms with Gasteiger partial charge in [0.15, 0.2) is 0 Å². The Labute approximate surface area is 130 Å². The van der Waals surface area contributed by atoms with E-state index in [9.17, 15) is 8.42 Å². The van der Waals surface area contributed by atoms with Crippen LogP contribution in [-0.4, -0.2) is 53.3 Å². The molecule has 0 bridgehead atoms. The number of aromatic nitrogens is 2. The van der Waals surface area contributed by atoms with Crippen molar-refractivity contribution in [2.45, 2.75) is 32.5 Å². The number of sulfonamides is 1. The number of aryl methyl sites for hydroxylation is 1. The van der Waals surface area contributed by atoms with Gasteiger partial charge in [0.25, 0.3) is 0 Å². The summed E-state index contributed by atoms with van der Waals surface area (Å²) < 4.78 is 34.2. The molecule has 2 aromatic rings. The molecule has 0 amide bonds. The summed E-state index contributed by atoms with van der Waals surface area (Å²) in [7, 11) is -3.31. The van der Waals surface area contributed by atoms with Crippen LogP contribution in [0.5, 0.6) is 0 Å². The lowest BCUT2D eigenvalue weighted by molar-refractivity contribution is -0.0170. The highest BCUT2D eigenvalue weighted by Crippen LogP contribution is 2.17. The van der Waals surface area contributed by atoms with Crippen molar-refractivity contribution in [3.63, 3.8) is 0 Å². The van der Waals surface area contributed by atoms with Gasteiger partial charge >= 0.3 is 0 Å². The van der Waals surface area contributed by atoms with Crippen LogP contribution in [-0.2, 0) is 21.3 Å². The Morgan fingerprint density at radius 2 is 2.09 bits per heavy atom. The highest BCUT2D eigenvalue weighted by atomic mass is 32.2. The minimum absolute atomic E-state index is 0.0555. The van der Waals surface area contributed by atoms with Crippen molar-refractivity contribution in [2.24, 2.45) is 0 Å². The molecule has 0 spiro atoms. The third-order valence-corrected chi connectivity index (χ3v) is 5.95. The molecule has 3 rings (SSSR count). The molecule has 7 heteroatoms. The second kappa shape index (κ2) is 5.98. The van der Waals surface area contributed by atoms with Gasteiger partial charge in [-0.2, -0.15) is 4.31 Å². The average Bonchev–Trinajstić information content (AvgIpc) is 2.91. The Hall–Kier alpha value is -1.44. The molecule has 1 aromatic carbocycles. The van der Waals surface area contributed by atoms with E-state index < -0.39 is 10.0 Å². The summed E-state index contributed by atoms with van der Waals surface area (Å²) >= 11 is 0. The van der Waals surface area contributed by atoms with Crippen LogP contribution in [0.15, 0.2) is 30.6 Å². The molecular weight excluding hydrogens is 302 g/mol. The van der Waals surface area contributed by atoms with E-state index in [0.29, 0.717) is 19.7 Å². The predicted octanol–water partition coefficient (Wildman–Crippen LogP) is 1.48. The maximum absolute atomic E-state index is 12.6. The lowest BCUT2D eigenvalue weighted by atomic mass is 10.2. The third kappa shape index (κ3) is 3.02. The second-order valence-electron chi connectivity index (χ2n) is 5.81. The van der Waals surface area contributed by atoms with E-state index in [-0.39, 0.29) is 17.9 Å². The molecular formula is C15H21N3O3S. The number of ether oxygens (including phenoxy) is 1. The minimum atomic E-state index is -3.31. The standard InChI is InChI=1S/C15H21N3O3S/c1-12-10-21-13(2)9-18(12)22(19,20)8-7-17-11-16-14-5-3-4-6-15(14)17/h3-6,11-13H,7-10H2,1-2H3. The molecule has 120 valence electrons. The second-order valence-corrected chi connectivity index (χ2v) is 7.85. The number of imidazole rings is 1. The van der Waals surface area contributed by atoms with Crippen molar-refractivity contribution >= 4 is 21.1 Å².